The third-order valence-corrected chi connectivity index (χ3v) is 7.34. The number of carbonyl (C=O) groups is 3. The van der Waals surface area contributed by atoms with Crippen molar-refractivity contribution in [2.45, 2.75) is 65.0 Å². The number of hydrogen-bond donors (Lipinski definition) is 1. The Morgan fingerprint density at radius 3 is 2.44 bits per heavy atom. The van der Waals surface area contributed by atoms with E-state index in [2.05, 4.69) is 17.4 Å². The van der Waals surface area contributed by atoms with Gasteiger partial charge in [0.15, 0.2) is 5.78 Å². The Labute approximate surface area is 192 Å². The van der Waals surface area contributed by atoms with Crippen molar-refractivity contribution < 1.29 is 14.4 Å². The second-order valence-electron chi connectivity index (χ2n) is 9.65. The minimum absolute atomic E-state index is 0.0231. The molecule has 2 saturated heterocycles. The maximum atomic E-state index is 13.6. The first-order chi connectivity index (χ1) is 15.4. The highest BCUT2D eigenvalue weighted by Gasteiger charge is 2.47. The van der Waals surface area contributed by atoms with Crippen molar-refractivity contribution in [3.63, 3.8) is 0 Å². The van der Waals surface area contributed by atoms with E-state index < -0.39 is 0 Å². The molecule has 1 aromatic carbocycles. The first-order valence-electron chi connectivity index (χ1n) is 12.2. The zero-order chi connectivity index (χ0) is 23.3. The van der Waals surface area contributed by atoms with Crippen LogP contribution in [0.25, 0.3) is 0 Å². The molecule has 1 aromatic rings. The van der Waals surface area contributed by atoms with E-state index in [1.165, 1.54) is 5.56 Å². The van der Waals surface area contributed by atoms with E-state index in [9.17, 15) is 14.4 Å². The summed E-state index contributed by atoms with van der Waals surface area (Å²) in [5, 5.41) is 3.05. The fourth-order valence-electron chi connectivity index (χ4n) is 5.26. The van der Waals surface area contributed by atoms with Crippen LogP contribution in [0, 0.1) is 17.8 Å². The van der Waals surface area contributed by atoms with E-state index in [0.29, 0.717) is 19.5 Å². The largest absolute Gasteiger partial charge is 0.341 e. The van der Waals surface area contributed by atoms with Crippen LogP contribution in [0.4, 0.5) is 0 Å². The Morgan fingerprint density at radius 1 is 1.12 bits per heavy atom. The van der Waals surface area contributed by atoms with E-state index in [4.69, 9.17) is 0 Å². The van der Waals surface area contributed by atoms with Crippen LogP contribution in [-0.2, 0) is 20.8 Å². The molecular formula is C26H39N3O3. The molecule has 176 valence electrons. The molecule has 6 heteroatoms. The molecular weight excluding hydrogens is 402 g/mol. The zero-order valence-corrected chi connectivity index (χ0v) is 20.0. The number of amides is 2. The molecule has 2 aliphatic rings. The van der Waals surface area contributed by atoms with Gasteiger partial charge in [0, 0.05) is 32.0 Å². The molecule has 1 N–H and O–H groups in total. The fourth-order valence-corrected chi connectivity index (χ4v) is 5.26. The SMILES string of the molecule is CC[C@H](NC)C(=O)C[C@H](C(=O)N1CC[C@H]2CCN(CCc3ccccc3)C(=O)[C@H]21)C(C)C. The highest BCUT2D eigenvalue weighted by atomic mass is 16.2. The van der Waals surface area contributed by atoms with Crippen molar-refractivity contribution in [3.8, 4) is 0 Å². The molecule has 4 atom stereocenters. The van der Waals surface area contributed by atoms with E-state index in [0.717, 1.165) is 25.8 Å². The third-order valence-electron chi connectivity index (χ3n) is 7.34. The van der Waals surface area contributed by atoms with Crippen LogP contribution in [0.3, 0.4) is 0 Å². The third kappa shape index (κ3) is 5.40. The number of hydrogen-bond acceptors (Lipinski definition) is 4. The molecule has 0 aromatic heterocycles. The van der Waals surface area contributed by atoms with Crippen molar-refractivity contribution in [2.24, 2.45) is 17.8 Å². The number of ketones is 1. The molecule has 32 heavy (non-hydrogen) atoms. The molecule has 0 bridgehead atoms. The highest BCUT2D eigenvalue weighted by molar-refractivity contribution is 5.93. The minimum atomic E-state index is -0.379. The van der Waals surface area contributed by atoms with Gasteiger partial charge in [-0.05, 0) is 50.1 Å². The van der Waals surface area contributed by atoms with E-state index in [1.807, 2.05) is 43.9 Å². The van der Waals surface area contributed by atoms with E-state index in [-0.39, 0.29) is 53.9 Å². The number of fused-ring (bicyclic) bond motifs is 1. The monoisotopic (exact) mass is 441 g/mol. The lowest BCUT2D eigenvalue weighted by Gasteiger charge is -2.39. The van der Waals surface area contributed by atoms with E-state index >= 15 is 0 Å². The van der Waals surface area contributed by atoms with E-state index in [1.54, 1.807) is 11.9 Å². The van der Waals surface area contributed by atoms with Crippen molar-refractivity contribution >= 4 is 17.6 Å². The Kier molecular flexibility index (Phi) is 8.46. The quantitative estimate of drug-likeness (QED) is 0.606. The lowest BCUT2D eigenvalue weighted by Crippen LogP contribution is -2.56. The average Bonchev–Trinajstić information content (AvgIpc) is 3.23. The molecule has 0 saturated carbocycles. The first kappa shape index (κ1) is 24.4. The topological polar surface area (TPSA) is 69.7 Å². The molecule has 2 aliphatic heterocycles. The molecule has 2 amide bonds. The van der Waals surface area contributed by atoms with Crippen LogP contribution in [0.2, 0.25) is 0 Å². The molecule has 0 aliphatic carbocycles. The van der Waals surface area contributed by atoms with Crippen LogP contribution < -0.4 is 5.32 Å². The number of nitrogens with one attached hydrogen (secondary N) is 1. The van der Waals surface area contributed by atoms with Crippen molar-refractivity contribution in [2.75, 3.05) is 26.7 Å². The number of piperidine rings is 1. The summed E-state index contributed by atoms with van der Waals surface area (Å²) >= 11 is 0. The Morgan fingerprint density at radius 2 is 1.81 bits per heavy atom. The predicted octanol–water partition coefficient (Wildman–Crippen LogP) is 2.91. The summed E-state index contributed by atoms with van der Waals surface area (Å²) in [6.45, 7) is 8.03. The van der Waals surface area contributed by atoms with Gasteiger partial charge in [0.1, 0.15) is 6.04 Å². The summed E-state index contributed by atoms with van der Waals surface area (Å²) in [5.41, 5.74) is 1.22. The van der Waals surface area contributed by atoms with Crippen molar-refractivity contribution in [1.82, 2.24) is 15.1 Å². The summed E-state index contributed by atoms with van der Waals surface area (Å²) < 4.78 is 0. The second-order valence-corrected chi connectivity index (χ2v) is 9.65. The van der Waals surface area contributed by atoms with Crippen LogP contribution in [0.1, 0.15) is 52.0 Å². The zero-order valence-electron chi connectivity index (χ0n) is 20.0. The Bertz CT molecular complexity index is 791. The van der Waals surface area contributed by atoms with Gasteiger partial charge >= 0.3 is 0 Å². The number of likely N-dealkylation sites (N-methyl/N-ethyl adjacent to an activating group) is 1. The predicted molar refractivity (Wildman–Crippen MR) is 126 cm³/mol. The lowest BCUT2D eigenvalue weighted by molar-refractivity contribution is -0.151. The van der Waals surface area contributed by atoms with Crippen LogP contribution >= 0.6 is 0 Å². The number of carbonyl (C=O) groups excluding carboxylic acids is 3. The fraction of sp³-hybridized carbons (Fsp3) is 0.654. The van der Waals surface area contributed by atoms with Crippen LogP contribution in [0.15, 0.2) is 30.3 Å². The summed E-state index contributed by atoms with van der Waals surface area (Å²) in [5.74, 6) is 0.0494. The molecule has 6 nitrogen and oxygen atoms in total. The number of likely N-dealkylation sites (tertiary alicyclic amines) is 2. The van der Waals surface area contributed by atoms with Gasteiger partial charge in [0.05, 0.1) is 6.04 Å². The summed E-state index contributed by atoms with van der Waals surface area (Å²) in [6.07, 6.45) is 3.58. The molecule has 0 spiro atoms. The van der Waals surface area contributed by atoms with Gasteiger partial charge < -0.3 is 15.1 Å². The summed E-state index contributed by atoms with van der Waals surface area (Å²) in [4.78, 5) is 43.5. The van der Waals surface area contributed by atoms with Gasteiger partial charge in [0.25, 0.3) is 0 Å². The van der Waals surface area contributed by atoms with Gasteiger partial charge in [0.2, 0.25) is 11.8 Å². The molecule has 3 rings (SSSR count). The lowest BCUT2D eigenvalue weighted by atomic mass is 9.86. The first-order valence-corrected chi connectivity index (χ1v) is 12.2. The molecule has 2 heterocycles. The Hall–Kier alpha value is -2.21. The van der Waals surface area contributed by atoms with Gasteiger partial charge in [-0.2, -0.15) is 0 Å². The van der Waals surface area contributed by atoms with Crippen LogP contribution in [-0.4, -0.2) is 66.2 Å². The number of benzene rings is 1. The number of rotatable bonds is 10. The van der Waals surface area contributed by atoms with Crippen LogP contribution in [0.5, 0.6) is 0 Å². The normalized spacial score (nSPS) is 22.7. The second kappa shape index (κ2) is 11.1. The summed E-state index contributed by atoms with van der Waals surface area (Å²) in [6, 6.07) is 9.62. The van der Waals surface area contributed by atoms with Gasteiger partial charge in [-0.25, -0.2) is 0 Å². The van der Waals surface area contributed by atoms with Gasteiger partial charge in [-0.3, -0.25) is 14.4 Å². The van der Waals surface area contributed by atoms with Crippen molar-refractivity contribution in [1.29, 1.82) is 0 Å². The maximum Gasteiger partial charge on any atom is 0.245 e. The maximum absolute atomic E-state index is 13.6. The molecule has 2 fully saturated rings. The number of Topliss-reactive ketones (excluding diaryl/α,β-unsaturated/α-hetero) is 1. The van der Waals surface area contributed by atoms with Gasteiger partial charge in [-0.15, -0.1) is 0 Å². The molecule has 0 radical (unpaired) electrons. The standard InChI is InChI=1S/C26H39N3O3/c1-5-22(27-4)23(30)17-21(18(2)3)25(31)29-16-13-20-12-15-28(26(32)24(20)29)14-11-19-9-7-6-8-10-19/h6-10,18,20-22,24,27H,5,11-17H2,1-4H3/t20-,21+,22+,24+/m1/s1. The smallest absolute Gasteiger partial charge is 0.245 e. The average molecular weight is 442 g/mol. The summed E-state index contributed by atoms with van der Waals surface area (Å²) in [7, 11) is 1.79. The highest BCUT2D eigenvalue weighted by Crippen LogP contribution is 2.35. The van der Waals surface area contributed by atoms with Crippen molar-refractivity contribution in [3.05, 3.63) is 35.9 Å². The number of nitrogens with zero attached hydrogens (tertiary/aromatic N) is 2. The molecule has 0 unspecified atom stereocenters. The Balaban J connectivity index is 1.69. The minimum Gasteiger partial charge on any atom is -0.341 e. The van der Waals surface area contributed by atoms with Gasteiger partial charge in [-0.1, -0.05) is 51.1 Å².